The van der Waals surface area contributed by atoms with Crippen molar-refractivity contribution in [3.8, 4) is 23.0 Å². The van der Waals surface area contributed by atoms with E-state index in [1.807, 2.05) is 38.1 Å². The molecule has 2 aliphatic rings. The third-order valence-electron chi connectivity index (χ3n) is 6.73. The van der Waals surface area contributed by atoms with Crippen LogP contribution in [0.3, 0.4) is 0 Å². The molecule has 0 radical (unpaired) electrons. The fourth-order valence-corrected chi connectivity index (χ4v) is 4.73. The van der Waals surface area contributed by atoms with E-state index in [0.29, 0.717) is 73.6 Å². The number of Topliss-reactive ketones (excluding diaryl/α,β-unsaturated/α-hetero) is 1. The molecule has 1 saturated heterocycles. The molecule has 39 heavy (non-hydrogen) atoms. The topological polar surface area (TPSA) is 97.8 Å². The van der Waals surface area contributed by atoms with Crippen LogP contribution in [-0.2, 0) is 9.59 Å². The number of benzene rings is 2. The zero-order valence-corrected chi connectivity index (χ0v) is 23.2. The minimum Gasteiger partial charge on any atom is -0.507 e. The fraction of sp³-hybridized carbons (Fsp3) is 0.467. The van der Waals surface area contributed by atoms with Crippen LogP contribution in [0.4, 0.5) is 0 Å². The number of likely N-dealkylation sites (N-methyl/N-ethyl adjacent to an activating group) is 1. The number of aliphatic hydroxyl groups excluding tert-OH is 1. The van der Waals surface area contributed by atoms with Crippen LogP contribution < -0.4 is 18.9 Å². The molecule has 0 aliphatic carbocycles. The second-order valence-corrected chi connectivity index (χ2v) is 9.85. The molecule has 1 N–H and O–H groups in total. The number of likely N-dealkylation sites (tertiary alicyclic amines) is 1. The number of hydrogen-bond acceptors (Lipinski definition) is 8. The number of hydrogen-bond donors (Lipinski definition) is 1. The monoisotopic (exact) mass is 538 g/mol. The van der Waals surface area contributed by atoms with E-state index >= 15 is 0 Å². The number of ketones is 1. The first-order valence-corrected chi connectivity index (χ1v) is 13.6. The maximum atomic E-state index is 13.4. The van der Waals surface area contributed by atoms with Crippen LogP contribution in [0.2, 0.25) is 0 Å². The van der Waals surface area contributed by atoms with Crippen LogP contribution >= 0.6 is 0 Å². The average molecular weight is 539 g/mol. The Labute approximate surface area is 229 Å². The number of nitrogens with zero attached hydrogens (tertiary/aromatic N) is 2. The molecule has 0 spiro atoms. The second kappa shape index (κ2) is 12.9. The van der Waals surface area contributed by atoms with Crippen molar-refractivity contribution >= 4 is 17.4 Å². The van der Waals surface area contributed by atoms with E-state index in [2.05, 4.69) is 6.92 Å². The van der Waals surface area contributed by atoms with Gasteiger partial charge in [0.05, 0.1) is 24.8 Å². The zero-order valence-electron chi connectivity index (χ0n) is 23.2. The lowest BCUT2D eigenvalue weighted by atomic mass is 9.94. The van der Waals surface area contributed by atoms with Crippen molar-refractivity contribution in [3.05, 3.63) is 53.1 Å². The molecule has 0 saturated carbocycles. The Hall–Kier alpha value is -3.72. The number of aliphatic hydroxyl groups is 1. The summed E-state index contributed by atoms with van der Waals surface area (Å²) in [7, 11) is 3.80. The van der Waals surface area contributed by atoms with E-state index in [-0.39, 0.29) is 11.3 Å². The van der Waals surface area contributed by atoms with Crippen molar-refractivity contribution in [1.82, 2.24) is 9.80 Å². The molecular formula is C30H38N2O7. The fourth-order valence-electron chi connectivity index (χ4n) is 4.73. The standard InChI is InChI=1S/C30H38N2O7/c1-5-7-8-15-37-22-11-9-20(18-24(22)36-6-2)27-26(29(34)30(35)32(27)14-13-31(3)4)28(33)21-10-12-23-25(19-21)39-17-16-38-23/h9-12,18-19,27,33H,5-8,13-17H2,1-4H3/t27-/m1/s1. The van der Waals surface area contributed by atoms with E-state index in [4.69, 9.17) is 18.9 Å². The van der Waals surface area contributed by atoms with Crippen LogP contribution in [0, 0.1) is 0 Å². The maximum absolute atomic E-state index is 13.4. The van der Waals surface area contributed by atoms with Crippen molar-refractivity contribution in [3.63, 3.8) is 0 Å². The maximum Gasteiger partial charge on any atom is 0.295 e. The second-order valence-electron chi connectivity index (χ2n) is 9.85. The van der Waals surface area contributed by atoms with E-state index in [0.717, 1.165) is 19.3 Å². The highest BCUT2D eigenvalue weighted by molar-refractivity contribution is 6.46. The minimum absolute atomic E-state index is 0.0227. The molecule has 9 heteroatoms. The van der Waals surface area contributed by atoms with Gasteiger partial charge in [-0.3, -0.25) is 9.59 Å². The highest BCUT2D eigenvalue weighted by Gasteiger charge is 2.46. The summed E-state index contributed by atoms with van der Waals surface area (Å²) in [6.45, 7) is 6.70. The van der Waals surface area contributed by atoms with E-state index in [1.54, 1.807) is 24.3 Å². The smallest absolute Gasteiger partial charge is 0.295 e. The molecule has 2 heterocycles. The number of rotatable bonds is 12. The highest BCUT2D eigenvalue weighted by atomic mass is 16.6. The largest absolute Gasteiger partial charge is 0.507 e. The third-order valence-corrected chi connectivity index (χ3v) is 6.73. The zero-order chi connectivity index (χ0) is 27.9. The first kappa shape index (κ1) is 28.3. The normalized spacial score (nSPS) is 18.1. The van der Waals surface area contributed by atoms with E-state index < -0.39 is 17.7 Å². The van der Waals surface area contributed by atoms with Gasteiger partial charge in [0.25, 0.3) is 11.7 Å². The molecule has 210 valence electrons. The lowest BCUT2D eigenvalue weighted by molar-refractivity contribution is -0.140. The molecule has 0 bridgehead atoms. The average Bonchev–Trinajstić information content (AvgIpc) is 3.19. The van der Waals surface area contributed by atoms with Gasteiger partial charge in [0, 0.05) is 18.7 Å². The summed E-state index contributed by atoms with van der Waals surface area (Å²) >= 11 is 0. The Morgan fingerprint density at radius 2 is 1.77 bits per heavy atom. The number of amides is 1. The van der Waals surface area contributed by atoms with Gasteiger partial charge in [0.2, 0.25) is 0 Å². The predicted molar refractivity (Wildman–Crippen MR) is 148 cm³/mol. The van der Waals surface area contributed by atoms with Crippen LogP contribution in [0.25, 0.3) is 5.76 Å². The van der Waals surface area contributed by atoms with Gasteiger partial charge in [-0.05, 0) is 63.3 Å². The molecule has 2 aromatic rings. The molecule has 1 atom stereocenters. The van der Waals surface area contributed by atoms with Crippen molar-refractivity contribution in [2.75, 3.05) is 53.6 Å². The van der Waals surface area contributed by atoms with Crippen LogP contribution in [0.5, 0.6) is 23.0 Å². The van der Waals surface area contributed by atoms with Gasteiger partial charge in [0.1, 0.15) is 19.0 Å². The summed E-state index contributed by atoms with van der Waals surface area (Å²) in [6.07, 6.45) is 3.10. The molecule has 9 nitrogen and oxygen atoms in total. The number of ether oxygens (including phenoxy) is 4. The third kappa shape index (κ3) is 6.30. The molecular weight excluding hydrogens is 500 g/mol. The van der Waals surface area contributed by atoms with Gasteiger partial charge in [0.15, 0.2) is 23.0 Å². The molecule has 0 unspecified atom stereocenters. The van der Waals surface area contributed by atoms with E-state index in [1.165, 1.54) is 4.90 Å². The molecule has 2 aromatic carbocycles. The van der Waals surface area contributed by atoms with Gasteiger partial charge in [-0.2, -0.15) is 0 Å². The summed E-state index contributed by atoms with van der Waals surface area (Å²) in [5.74, 6) is 0.532. The summed E-state index contributed by atoms with van der Waals surface area (Å²) in [6, 6.07) is 9.62. The van der Waals surface area contributed by atoms with E-state index in [9.17, 15) is 14.7 Å². The molecule has 1 fully saturated rings. The van der Waals surface area contributed by atoms with Gasteiger partial charge < -0.3 is 33.9 Å². The Balaban J connectivity index is 1.77. The highest BCUT2D eigenvalue weighted by Crippen LogP contribution is 2.43. The number of carbonyl (C=O) groups excluding carboxylic acids is 2. The quantitative estimate of drug-likeness (QED) is 0.184. The molecule has 2 aliphatic heterocycles. The SMILES string of the molecule is CCCCCOc1ccc([C@@H]2C(=C(O)c3ccc4c(c3)OCCO4)C(=O)C(=O)N2CCN(C)C)cc1OCC. The summed E-state index contributed by atoms with van der Waals surface area (Å²) in [4.78, 5) is 30.1. The van der Waals surface area contributed by atoms with Crippen molar-refractivity contribution < 1.29 is 33.6 Å². The molecule has 0 aromatic heterocycles. The number of unbranched alkanes of at least 4 members (excludes halogenated alkanes) is 2. The Morgan fingerprint density at radius 3 is 2.49 bits per heavy atom. The van der Waals surface area contributed by atoms with Crippen molar-refractivity contribution in [2.24, 2.45) is 0 Å². The lowest BCUT2D eigenvalue weighted by Gasteiger charge is -2.27. The van der Waals surface area contributed by atoms with Gasteiger partial charge >= 0.3 is 0 Å². The minimum atomic E-state index is -0.800. The van der Waals surface area contributed by atoms with Crippen LogP contribution in [0.15, 0.2) is 42.0 Å². The summed E-state index contributed by atoms with van der Waals surface area (Å²) < 4.78 is 23.1. The van der Waals surface area contributed by atoms with Gasteiger partial charge in [-0.15, -0.1) is 0 Å². The Kier molecular flexibility index (Phi) is 9.35. The van der Waals surface area contributed by atoms with Crippen molar-refractivity contribution in [1.29, 1.82) is 0 Å². The first-order valence-electron chi connectivity index (χ1n) is 13.6. The molecule has 1 amide bonds. The first-order chi connectivity index (χ1) is 18.8. The molecule has 4 rings (SSSR count). The van der Waals surface area contributed by atoms with Crippen molar-refractivity contribution in [2.45, 2.75) is 39.2 Å². The van der Waals surface area contributed by atoms with Crippen LogP contribution in [0.1, 0.15) is 50.3 Å². The van der Waals surface area contributed by atoms with Gasteiger partial charge in [-0.1, -0.05) is 25.8 Å². The number of carbonyl (C=O) groups is 2. The number of fused-ring (bicyclic) bond motifs is 1. The predicted octanol–water partition coefficient (Wildman–Crippen LogP) is 4.41. The van der Waals surface area contributed by atoms with Gasteiger partial charge in [-0.25, -0.2) is 0 Å². The van der Waals surface area contributed by atoms with Crippen LogP contribution in [-0.4, -0.2) is 80.2 Å². The summed E-state index contributed by atoms with van der Waals surface area (Å²) in [5, 5.41) is 11.4. The Bertz CT molecular complexity index is 1220. The lowest BCUT2D eigenvalue weighted by Crippen LogP contribution is -2.35. The Morgan fingerprint density at radius 1 is 1.00 bits per heavy atom. The summed E-state index contributed by atoms with van der Waals surface area (Å²) in [5.41, 5.74) is 1.04.